The van der Waals surface area contributed by atoms with Gasteiger partial charge in [-0.05, 0) is 51.5 Å². The van der Waals surface area contributed by atoms with Gasteiger partial charge in [0.05, 0.1) is 23.4 Å². The summed E-state index contributed by atoms with van der Waals surface area (Å²) in [6.07, 6.45) is 2.49. The molecule has 5 rings (SSSR count). The second-order valence-electron chi connectivity index (χ2n) is 9.34. The molecule has 12 heteroatoms. The zero-order chi connectivity index (χ0) is 26.8. The predicted molar refractivity (Wildman–Crippen MR) is 145 cm³/mol. The smallest absolute Gasteiger partial charge is 0.305 e. The molecule has 2 aliphatic rings. The van der Waals surface area contributed by atoms with Crippen LogP contribution in [0.5, 0.6) is 0 Å². The van der Waals surface area contributed by atoms with Gasteiger partial charge in [0.25, 0.3) is 5.69 Å². The Hall–Kier alpha value is -3.28. The average molecular weight is 555 g/mol. The highest BCUT2D eigenvalue weighted by atomic mass is 35.5. The van der Waals surface area contributed by atoms with Gasteiger partial charge in [-0.1, -0.05) is 41.6 Å². The Bertz CT molecular complexity index is 1400. The first-order valence-electron chi connectivity index (χ1n) is 12.3. The van der Waals surface area contributed by atoms with Crippen LogP contribution in [0, 0.1) is 10.1 Å². The van der Waals surface area contributed by atoms with Crippen LogP contribution < -0.4 is 0 Å². The van der Waals surface area contributed by atoms with Crippen molar-refractivity contribution in [2.45, 2.75) is 42.1 Å². The number of fused-ring (bicyclic) bond motifs is 3. The van der Waals surface area contributed by atoms with E-state index < -0.39 is 11.0 Å². The summed E-state index contributed by atoms with van der Waals surface area (Å²) in [5.74, 6) is 0.213. The lowest BCUT2D eigenvalue weighted by Gasteiger charge is -2.28. The largest absolute Gasteiger partial charge is 0.469 e. The third-order valence-corrected chi connectivity index (χ3v) is 8.45. The van der Waals surface area contributed by atoms with Crippen LogP contribution in [0.4, 0.5) is 5.69 Å². The predicted octanol–water partition coefficient (Wildman–Crippen LogP) is 4.86. The second-order valence-corrected chi connectivity index (χ2v) is 11.0. The highest BCUT2D eigenvalue weighted by molar-refractivity contribution is 7.99. The van der Waals surface area contributed by atoms with Crippen LogP contribution in [-0.2, 0) is 9.53 Å². The average Bonchev–Trinajstić information content (AvgIpc) is 3.27. The zero-order valence-electron chi connectivity index (χ0n) is 21.0. The molecular weight excluding hydrogens is 528 g/mol. The highest BCUT2D eigenvalue weighted by Crippen LogP contribution is 2.39. The molecule has 1 fully saturated rings. The van der Waals surface area contributed by atoms with E-state index >= 15 is 0 Å². The lowest BCUT2D eigenvalue weighted by molar-refractivity contribution is -0.384. The number of thioether (sulfide) groups is 1. The summed E-state index contributed by atoms with van der Waals surface area (Å²) < 4.78 is 6.82. The number of nitrogens with zero attached hydrogens (tertiary/aromatic N) is 6. The molecule has 38 heavy (non-hydrogen) atoms. The first-order valence-corrected chi connectivity index (χ1v) is 13.6. The Kier molecular flexibility index (Phi) is 7.78. The van der Waals surface area contributed by atoms with Crippen LogP contribution in [-0.4, -0.2) is 68.8 Å². The van der Waals surface area contributed by atoms with Crippen molar-refractivity contribution in [3.8, 4) is 5.69 Å². The number of likely N-dealkylation sites (tertiary alicyclic amines) is 1. The van der Waals surface area contributed by atoms with E-state index in [1.807, 2.05) is 22.8 Å². The standard InChI is InChI=1S/C26H27ClN6O4S/c1-31-13-11-17(12-14-31)38-26-30-29-25-21(8-10-23(34)37-2)28-24(18-5-3-4-6-20(18)27)19-15-16(33(35)36)7-9-22(19)32(25)26/h3-7,9,15,17,21H,8,10-14H2,1-2H3/t21-/m0/s1. The summed E-state index contributed by atoms with van der Waals surface area (Å²) in [6, 6.07) is 11.4. The van der Waals surface area contributed by atoms with Gasteiger partial charge in [0.2, 0.25) is 0 Å². The minimum absolute atomic E-state index is 0.0596. The van der Waals surface area contributed by atoms with Crippen LogP contribution in [0.1, 0.15) is 48.7 Å². The number of aromatic nitrogens is 3. The first-order chi connectivity index (χ1) is 18.4. The number of benzene rings is 2. The van der Waals surface area contributed by atoms with Gasteiger partial charge in [0.1, 0.15) is 6.04 Å². The van der Waals surface area contributed by atoms with E-state index in [9.17, 15) is 14.9 Å². The Morgan fingerprint density at radius 2 is 1.95 bits per heavy atom. The summed E-state index contributed by atoms with van der Waals surface area (Å²) in [5.41, 5.74) is 2.33. The number of halogens is 1. The van der Waals surface area contributed by atoms with E-state index in [1.165, 1.54) is 19.2 Å². The van der Waals surface area contributed by atoms with E-state index in [-0.39, 0.29) is 18.1 Å². The monoisotopic (exact) mass is 554 g/mol. The van der Waals surface area contributed by atoms with Gasteiger partial charge in [0, 0.05) is 40.0 Å². The van der Waals surface area contributed by atoms with Crippen molar-refractivity contribution in [2.75, 3.05) is 27.2 Å². The minimum Gasteiger partial charge on any atom is -0.469 e. The fraction of sp³-hybridized carbons (Fsp3) is 0.385. The number of aliphatic imine (C=N–C) groups is 1. The molecule has 0 N–H and O–H groups in total. The molecule has 3 heterocycles. The number of nitro benzene ring substituents is 1. The number of nitro groups is 1. The van der Waals surface area contributed by atoms with E-state index in [2.05, 4.69) is 22.1 Å². The van der Waals surface area contributed by atoms with Crippen molar-refractivity contribution in [1.29, 1.82) is 0 Å². The van der Waals surface area contributed by atoms with Gasteiger partial charge in [-0.3, -0.25) is 24.5 Å². The number of hydrogen-bond acceptors (Lipinski definition) is 9. The third-order valence-electron chi connectivity index (χ3n) is 6.84. The maximum atomic E-state index is 12.1. The van der Waals surface area contributed by atoms with Crippen molar-refractivity contribution in [1.82, 2.24) is 19.7 Å². The quantitative estimate of drug-likeness (QED) is 0.231. The molecule has 0 unspecified atom stereocenters. The van der Waals surface area contributed by atoms with Crippen LogP contribution in [0.15, 0.2) is 52.6 Å². The van der Waals surface area contributed by atoms with Gasteiger partial charge < -0.3 is 9.64 Å². The zero-order valence-corrected chi connectivity index (χ0v) is 22.6. The van der Waals surface area contributed by atoms with Crippen molar-refractivity contribution < 1.29 is 14.5 Å². The maximum absolute atomic E-state index is 12.1. The van der Waals surface area contributed by atoms with Crippen LogP contribution in [0.3, 0.4) is 0 Å². The molecule has 0 radical (unpaired) electrons. The number of esters is 1. The number of methoxy groups -OCH3 is 1. The van der Waals surface area contributed by atoms with E-state index in [0.717, 1.165) is 25.9 Å². The lowest BCUT2D eigenvalue weighted by atomic mass is 9.99. The van der Waals surface area contributed by atoms with Crippen molar-refractivity contribution in [3.63, 3.8) is 0 Å². The summed E-state index contributed by atoms with van der Waals surface area (Å²) in [6.45, 7) is 2.01. The normalized spacial score (nSPS) is 17.8. The number of ether oxygens (including phenoxy) is 1. The Morgan fingerprint density at radius 1 is 1.18 bits per heavy atom. The molecule has 1 saturated heterocycles. The molecule has 198 valence electrons. The fourth-order valence-corrected chi connectivity index (χ4v) is 6.13. The Balaban J connectivity index is 1.68. The molecule has 0 spiro atoms. The first kappa shape index (κ1) is 26.3. The summed E-state index contributed by atoms with van der Waals surface area (Å²) >= 11 is 8.27. The number of hydrogen-bond donors (Lipinski definition) is 0. The van der Waals surface area contributed by atoms with Gasteiger partial charge in [-0.25, -0.2) is 0 Å². The molecule has 2 aliphatic heterocycles. The van der Waals surface area contributed by atoms with Crippen molar-refractivity contribution in [3.05, 3.63) is 74.6 Å². The van der Waals surface area contributed by atoms with Gasteiger partial charge >= 0.3 is 5.97 Å². The molecule has 0 saturated carbocycles. The molecule has 3 aromatic rings. The number of carbonyl (C=O) groups is 1. The molecule has 0 amide bonds. The number of rotatable bonds is 7. The second kappa shape index (κ2) is 11.2. The number of piperidine rings is 1. The van der Waals surface area contributed by atoms with Crippen molar-refractivity contribution >= 4 is 40.7 Å². The van der Waals surface area contributed by atoms with E-state index in [1.54, 1.807) is 23.9 Å². The molecule has 10 nitrogen and oxygen atoms in total. The molecule has 1 aromatic heterocycles. The lowest BCUT2D eigenvalue weighted by Crippen LogP contribution is -2.31. The molecular formula is C26H27ClN6O4S. The van der Waals surface area contributed by atoms with Gasteiger partial charge in [0.15, 0.2) is 11.0 Å². The molecule has 0 bridgehead atoms. The molecule has 0 aliphatic carbocycles. The van der Waals surface area contributed by atoms with Gasteiger partial charge in [-0.15, -0.1) is 10.2 Å². The highest BCUT2D eigenvalue weighted by Gasteiger charge is 2.32. The van der Waals surface area contributed by atoms with Crippen molar-refractivity contribution in [2.24, 2.45) is 4.99 Å². The minimum atomic E-state index is -0.550. The Labute approximate surface area is 229 Å². The third kappa shape index (κ3) is 5.31. The number of non-ortho nitro benzene ring substituents is 1. The topological polar surface area (TPSA) is 116 Å². The number of carbonyl (C=O) groups excluding carboxylic acids is 1. The summed E-state index contributed by atoms with van der Waals surface area (Å²) in [4.78, 5) is 30.7. The molecule has 2 aromatic carbocycles. The van der Waals surface area contributed by atoms with Crippen LogP contribution in [0.2, 0.25) is 5.02 Å². The van der Waals surface area contributed by atoms with Crippen LogP contribution in [0.25, 0.3) is 5.69 Å². The SMILES string of the molecule is COC(=O)CC[C@@H]1N=C(c2ccccc2Cl)c2cc([N+](=O)[O-])ccc2-n2c(SC3CCN(C)CC3)nnc21. The Morgan fingerprint density at radius 3 is 2.66 bits per heavy atom. The summed E-state index contributed by atoms with van der Waals surface area (Å²) in [7, 11) is 3.47. The van der Waals surface area contributed by atoms with Gasteiger partial charge in [-0.2, -0.15) is 0 Å². The molecule has 1 atom stereocenters. The van der Waals surface area contributed by atoms with E-state index in [4.69, 9.17) is 21.3 Å². The van der Waals surface area contributed by atoms with Crippen LogP contribution >= 0.6 is 23.4 Å². The fourth-order valence-electron chi connectivity index (χ4n) is 4.78. The maximum Gasteiger partial charge on any atom is 0.305 e. The van der Waals surface area contributed by atoms with E-state index in [0.29, 0.717) is 50.2 Å². The summed E-state index contributed by atoms with van der Waals surface area (Å²) in [5, 5.41) is 22.4.